The molecule has 1 N–H and O–H groups in total. The molecule has 0 radical (unpaired) electrons. The lowest BCUT2D eigenvalue weighted by Gasteiger charge is -2.20. The van der Waals surface area contributed by atoms with Crippen LogP contribution < -0.4 is 19.7 Å². The molecule has 6 heteroatoms. The van der Waals surface area contributed by atoms with Gasteiger partial charge in [0.2, 0.25) is 5.91 Å². The fraction of sp³-hybridized carbons (Fsp3) is 0.364. The van der Waals surface area contributed by atoms with Crippen LogP contribution >= 0.6 is 0 Å². The number of nitrogens with zero attached hydrogens (tertiary/aromatic N) is 1. The van der Waals surface area contributed by atoms with Crippen molar-refractivity contribution < 1.29 is 19.1 Å². The van der Waals surface area contributed by atoms with Gasteiger partial charge in [-0.25, -0.2) is 0 Å². The number of aryl methyl sites for hydroxylation is 2. The Kier molecular flexibility index (Phi) is 5.87. The lowest BCUT2D eigenvalue weighted by Crippen LogP contribution is -2.37. The molecule has 2 aromatic carbocycles. The zero-order valence-corrected chi connectivity index (χ0v) is 16.7. The number of hydrogen-bond donors (Lipinski definition) is 1. The third-order valence-corrected chi connectivity index (χ3v) is 4.91. The van der Waals surface area contributed by atoms with Crippen LogP contribution in [0.15, 0.2) is 36.4 Å². The maximum Gasteiger partial charge on any atom is 0.254 e. The predicted molar refractivity (Wildman–Crippen MR) is 108 cm³/mol. The Hall–Kier alpha value is -3.02. The van der Waals surface area contributed by atoms with E-state index in [4.69, 9.17) is 9.47 Å². The van der Waals surface area contributed by atoms with Gasteiger partial charge in [-0.1, -0.05) is 12.1 Å². The summed E-state index contributed by atoms with van der Waals surface area (Å²) in [6.45, 7) is 6.41. The molecule has 1 aliphatic heterocycles. The number of methoxy groups -OCH3 is 1. The number of carbonyl (C=O) groups is 2. The minimum atomic E-state index is -0.616. The molecule has 1 atom stereocenters. The van der Waals surface area contributed by atoms with Crippen LogP contribution in [0.4, 0.5) is 5.69 Å². The maximum absolute atomic E-state index is 13.0. The Morgan fingerprint density at radius 1 is 1.07 bits per heavy atom. The van der Waals surface area contributed by atoms with E-state index in [1.165, 1.54) is 6.92 Å². The van der Waals surface area contributed by atoms with Crippen molar-refractivity contribution in [3.63, 3.8) is 0 Å². The van der Waals surface area contributed by atoms with Gasteiger partial charge in [-0.2, -0.15) is 0 Å². The first kappa shape index (κ1) is 19.7. The molecule has 6 nitrogen and oxygen atoms in total. The van der Waals surface area contributed by atoms with Crippen LogP contribution in [-0.2, 0) is 9.59 Å². The Bertz CT molecular complexity index is 877. The van der Waals surface area contributed by atoms with E-state index in [1.807, 2.05) is 50.2 Å². The molecule has 2 amide bonds. The zero-order valence-electron chi connectivity index (χ0n) is 16.7. The van der Waals surface area contributed by atoms with Crippen LogP contribution in [0, 0.1) is 13.8 Å². The molecule has 148 valence electrons. The normalized spacial score (nSPS) is 15.4. The standard InChI is InChI=1S/C22H26N2O4/c1-14-6-7-15(2)21-19(14)20(23-16(3)25)22(26)24(21)12-5-13-28-18-10-8-17(27-4)9-11-18/h6-11,20H,5,12-13H2,1-4H3,(H,23,25)/t20-/m0/s1. The van der Waals surface area contributed by atoms with Gasteiger partial charge in [0.1, 0.15) is 17.5 Å². The van der Waals surface area contributed by atoms with Crippen molar-refractivity contribution in [2.45, 2.75) is 33.2 Å². The average Bonchev–Trinajstić information content (AvgIpc) is 2.95. The summed E-state index contributed by atoms with van der Waals surface area (Å²) in [7, 11) is 1.62. The van der Waals surface area contributed by atoms with Gasteiger partial charge in [0.05, 0.1) is 19.4 Å². The molecule has 0 spiro atoms. The summed E-state index contributed by atoms with van der Waals surface area (Å²) >= 11 is 0. The maximum atomic E-state index is 13.0. The molecule has 28 heavy (non-hydrogen) atoms. The molecular formula is C22H26N2O4. The second-order valence-corrected chi connectivity index (χ2v) is 6.96. The smallest absolute Gasteiger partial charge is 0.254 e. The second-order valence-electron chi connectivity index (χ2n) is 6.96. The molecule has 0 aliphatic carbocycles. The molecular weight excluding hydrogens is 356 g/mol. The third kappa shape index (κ3) is 3.96. The number of fused-ring (bicyclic) bond motifs is 1. The van der Waals surface area contributed by atoms with Crippen molar-refractivity contribution in [3.05, 3.63) is 53.1 Å². The van der Waals surface area contributed by atoms with E-state index in [-0.39, 0.29) is 11.8 Å². The Balaban J connectivity index is 1.69. The highest BCUT2D eigenvalue weighted by atomic mass is 16.5. The van der Waals surface area contributed by atoms with Crippen LogP contribution in [0.25, 0.3) is 0 Å². The van der Waals surface area contributed by atoms with Crippen molar-refractivity contribution in [3.8, 4) is 11.5 Å². The molecule has 0 fully saturated rings. The van der Waals surface area contributed by atoms with Crippen LogP contribution in [0.3, 0.4) is 0 Å². The minimum Gasteiger partial charge on any atom is -0.497 e. The van der Waals surface area contributed by atoms with E-state index in [2.05, 4.69) is 5.32 Å². The first-order valence-electron chi connectivity index (χ1n) is 9.37. The van der Waals surface area contributed by atoms with Gasteiger partial charge in [-0.05, 0) is 55.7 Å². The molecule has 1 heterocycles. The fourth-order valence-corrected chi connectivity index (χ4v) is 3.57. The first-order valence-corrected chi connectivity index (χ1v) is 9.37. The van der Waals surface area contributed by atoms with E-state index in [0.29, 0.717) is 19.6 Å². The zero-order chi connectivity index (χ0) is 20.3. The number of amides is 2. The Labute approximate surface area is 165 Å². The number of rotatable bonds is 7. The monoisotopic (exact) mass is 382 g/mol. The van der Waals surface area contributed by atoms with Gasteiger partial charge in [0, 0.05) is 19.0 Å². The van der Waals surface area contributed by atoms with Crippen molar-refractivity contribution >= 4 is 17.5 Å². The van der Waals surface area contributed by atoms with Gasteiger partial charge in [0.15, 0.2) is 0 Å². The molecule has 0 saturated carbocycles. The highest BCUT2D eigenvalue weighted by Gasteiger charge is 2.39. The quantitative estimate of drug-likeness (QED) is 0.746. The van der Waals surface area contributed by atoms with Gasteiger partial charge in [-0.15, -0.1) is 0 Å². The Morgan fingerprint density at radius 3 is 2.36 bits per heavy atom. The molecule has 2 aromatic rings. The van der Waals surface area contributed by atoms with E-state index in [1.54, 1.807) is 12.0 Å². The number of nitrogens with one attached hydrogen (secondary N) is 1. The number of anilines is 1. The summed E-state index contributed by atoms with van der Waals surface area (Å²) in [5, 5.41) is 2.80. The van der Waals surface area contributed by atoms with Crippen molar-refractivity contribution in [2.75, 3.05) is 25.2 Å². The van der Waals surface area contributed by atoms with Gasteiger partial charge in [0.25, 0.3) is 5.91 Å². The topological polar surface area (TPSA) is 67.9 Å². The highest BCUT2D eigenvalue weighted by Crippen LogP contribution is 2.40. The summed E-state index contributed by atoms with van der Waals surface area (Å²) in [5.74, 6) is 1.24. The van der Waals surface area contributed by atoms with Crippen molar-refractivity contribution in [1.82, 2.24) is 5.32 Å². The number of hydrogen-bond acceptors (Lipinski definition) is 4. The average molecular weight is 382 g/mol. The summed E-state index contributed by atoms with van der Waals surface area (Å²) in [6, 6.07) is 10.8. The van der Waals surface area contributed by atoms with E-state index >= 15 is 0 Å². The number of carbonyl (C=O) groups excluding carboxylic acids is 2. The molecule has 0 saturated heterocycles. The molecule has 0 bridgehead atoms. The van der Waals surface area contributed by atoms with E-state index in [9.17, 15) is 9.59 Å². The largest absolute Gasteiger partial charge is 0.497 e. The number of benzene rings is 2. The lowest BCUT2D eigenvalue weighted by molar-refractivity contribution is -0.126. The summed E-state index contributed by atoms with van der Waals surface area (Å²) in [5.41, 5.74) is 3.84. The highest BCUT2D eigenvalue weighted by molar-refractivity contribution is 6.07. The second kappa shape index (κ2) is 8.33. The summed E-state index contributed by atoms with van der Waals surface area (Å²) in [6.07, 6.45) is 0.678. The van der Waals surface area contributed by atoms with Crippen molar-refractivity contribution in [2.24, 2.45) is 0 Å². The fourth-order valence-electron chi connectivity index (χ4n) is 3.57. The van der Waals surface area contributed by atoms with Gasteiger partial charge >= 0.3 is 0 Å². The first-order chi connectivity index (χ1) is 13.4. The van der Waals surface area contributed by atoms with E-state index in [0.717, 1.165) is 33.9 Å². The molecule has 0 unspecified atom stereocenters. The Morgan fingerprint density at radius 2 is 1.71 bits per heavy atom. The van der Waals surface area contributed by atoms with Crippen LogP contribution in [0.5, 0.6) is 11.5 Å². The SMILES string of the molecule is COc1ccc(OCCCN2C(=O)[C@@H](NC(C)=O)c3c(C)ccc(C)c32)cc1. The predicted octanol–water partition coefficient (Wildman–Crippen LogP) is 3.30. The van der Waals surface area contributed by atoms with Gasteiger partial charge in [-0.3, -0.25) is 9.59 Å². The third-order valence-electron chi connectivity index (χ3n) is 4.91. The summed E-state index contributed by atoms with van der Waals surface area (Å²) in [4.78, 5) is 26.4. The van der Waals surface area contributed by atoms with Crippen LogP contribution in [0.1, 0.15) is 36.1 Å². The van der Waals surface area contributed by atoms with Crippen LogP contribution in [0.2, 0.25) is 0 Å². The number of ether oxygens (including phenoxy) is 2. The molecule has 3 rings (SSSR count). The molecule has 0 aromatic heterocycles. The lowest BCUT2D eigenvalue weighted by atomic mass is 9.99. The molecule has 1 aliphatic rings. The minimum absolute atomic E-state index is 0.0907. The van der Waals surface area contributed by atoms with E-state index < -0.39 is 6.04 Å². The van der Waals surface area contributed by atoms with Crippen LogP contribution in [-0.4, -0.2) is 32.1 Å². The summed E-state index contributed by atoms with van der Waals surface area (Å²) < 4.78 is 10.9. The van der Waals surface area contributed by atoms with Gasteiger partial charge < -0.3 is 19.7 Å². The van der Waals surface area contributed by atoms with Crippen molar-refractivity contribution in [1.29, 1.82) is 0 Å².